The van der Waals surface area contributed by atoms with Gasteiger partial charge in [0.1, 0.15) is 11.6 Å². The Bertz CT molecular complexity index is 646. The zero-order chi connectivity index (χ0) is 14.7. The minimum absolute atomic E-state index is 0.0657. The van der Waals surface area contributed by atoms with E-state index in [4.69, 9.17) is 11.6 Å². The van der Waals surface area contributed by atoms with Crippen molar-refractivity contribution in [2.24, 2.45) is 0 Å². The molecule has 0 fully saturated rings. The van der Waals surface area contributed by atoms with E-state index in [1.165, 1.54) is 11.0 Å². The third kappa shape index (κ3) is 3.27. The Labute approximate surface area is 121 Å². The molecule has 0 spiro atoms. The Hall–Kier alpha value is -2.07. The first-order valence-corrected chi connectivity index (χ1v) is 6.33. The van der Waals surface area contributed by atoms with Crippen LogP contribution in [0.25, 0.3) is 0 Å². The predicted molar refractivity (Wildman–Crippen MR) is 75.3 cm³/mol. The van der Waals surface area contributed by atoms with Crippen molar-refractivity contribution in [2.75, 3.05) is 7.05 Å². The van der Waals surface area contributed by atoms with Crippen molar-refractivity contribution < 1.29 is 14.3 Å². The largest absolute Gasteiger partial charge is 0.507 e. The highest BCUT2D eigenvalue weighted by molar-refractivity contribution is 6.30. The summed E-state index contributed by atoms with van der Waals surface area (Å²) in [5, 5.41) is 10.2. The van der Waals surface area contributed by atoms with Crippen molar-refractivity contribution in [2.45, 2.75) is 6.54 Å². The third-order valence-corrected chi connectivity index (χ3v) is 3.08. The van der Waals surface area contributed by atoms with Gasteiger partial charge < -0.3 is 10.0 Å². The van der Waals surface area contributed by atoms with Crippen molar-refractivity contribution in [1.82, 2.24) is 4.90 Å². The molecule has 3 nitrogen and oxygen atoms in total. The van der Waals surface area contributed by atoms with Crippen molar-refractivity contribution in [3.8, 4) is 5.75 Å². The van der Waals surface area contributed by atoms with Crippen LogP contribution in [-0.4, -0.2) is 23.0 Å². The molecule has 0 heterocycles. The van der Waals surface area contributed by atoms with Crippen molar-refractivity contribution in [3.63, 3.8) is 0 Å². The molecule has 0 aliphatic carbocycles. The number of aromatic hydroxyl groups is 1. The van der Waals surface area contributed by atoms with Crippen LogP contribution in [0.15, 0.2) is 42.5 Å². The number of rotatable bonds is 3. The lowest BCUT2D eigenvalue weighted by Crippen LogP contribution is -2.26. The predicted octanol–water partition coefficient (Wildman–Crippen LogP) is 3.46. The molecule has 1 amide bonds. The molecule has 2 aromatic carbocycles. The lowest BCUT2D eigenvalue weighted by molar-refractivity contribution is 0.0782. The molecular formula is C15H13ClFNO2. The summed E-state index contributed by atoms with van der Waals surface area (Å²) >= 11 is 5.88. The van der Waals surface area contributed by atoms with E-state index in [-0.39, 0.29) is 17.2 Å². The molecular weight excluding hydrogens is 281 g/mol. The fourth-order valence-corrected chi connectivity index (χ4v) is 2.09. The number of phenols is 1. The SMILES string of the molecule is CN(Cc1cccc(Cl)c1)C(=O)c1ccc(F)cc1O. The van der Waals surface area contributed by atoms with Crippen LogP contribution in [0.1, 0.15) is 15.9 Å². The van der Waals surface area contributed by atoms with Gasteiger partial charge in [-0.1, -0.05) is 23.7 Å². The zero-order valence-electron chi connectivity index (χ0n) is 10.8. The maximum atomic E-state index is 12.9. The van der Waals surface area contributed by atoms with Gasteiger partial charge in [0.25, 0.3) is 5.91 Å². The maximum absolute atomic E-state index is 12.9. The monoisotopic (exact) mass is 293 g/mol. The number of benzene rings is 2. The molecule has 0 bridgehead atoms. The molecule has 0 aliphatic rings. The molecule has 0 atom stereocenters. The van der Waals surface area contributed by atoms with Gasteiger partial charge in [0.2, 0.25) is 0 Å². The summed E-state index contributed by atoms with van der Waals surface area (Å²) in [6, 6.07) is 10.5. The highest BCUT2D eigenvalue weighted by atomic mass is 35.5. The molecule has 2 rings (SSSR count). The molecule has 0 saturated carbocycles. The molecule has 0 aliphatic heterocycles. The van der Waals surface area contributed by atoms with Gasteiger partial charge in [-0.25, -0.2) is 4.39 Å². The first kappa shape index (κ1) is 14.3. The fraction of sp³-hybridized carbons (Fsp3) is 0.133. The normalized spacial score (nSPS) is 10.3. The van der Waals surface area contributed by atoms with Crippen molar-refractivity contribution >= 4 is 17.5 Å². The molecule has 0 saturated heterocycles. The molecule has 0 unspecified atom stereocenters. The van der Waals surface area contributed by atoms with Crippen molar-refractivity contribution in [3.05, 3.63) is 64.4 Å². The molecule has 0 radical (unpaired) electrons. The second-order valence-electron chi connectivity index (χ2n) is 4.45. The van der Waals surface area contributed by atoms with Gasteiger partial charge in [-0.15, -0.1) is 0 Å². The Kier molecular flexibility index (Phi) is 4.25. The zero-order valence-corrected chi connectivity index (χ0v) is 11.6. The van der Waals surface area contributed by atoms with Crippen LogP contribution >= 0.6 is 11.6 Å². The number of hydrogen-bond acceptors (Lipinski definition) is 2. The fourth-order valence-electron chi connectivity index (χ4n) is 1.87. The summed E-state index contributed by atoms with van der Waals surface area (Å²) in [5.74, 6) is -1.34. The number of phenolic OH excluding ortho intramolecular Hbond substituents is 1. The van der Waals surface area contributed by atoms with E-state index in [0.717, 1.165) is 17.7 Å². The standard InChI is InChI=1S/C15H13ClFNO2/c1-18(9-10-3-2-4-11(16)7-10)15(20)13-6-5-12(17)8-14(13)19/h2-8,19H,9H2,1H3. The number of amides is 1. The van der Waals surface area contributed by atoms with Gasteiger partial charge >= 0.3 is 0 Å². The van der Waals surface area contributed by atoms with E-state index < -0.39 is 5.82 Å². The van der Waals surface area contributed by atoms with Crippen LogP contribution < -0.4 is 0 Å². The minimum Gasteiger partial charge on any atom is -0.507 e. The van der Waals surface area contributed by atoms with E-state index in [1.807, 2.05) is 6.07 Å². The van der Waals surface area contributed by atoms with E-state index in [2.05, 4.69) is 0 Å². The van der Waals surface area contributed by atoms with Gasteiger partial charge in [0, 0.05) is 24.7 Å². The summed E-state index contributed by atoms with van der Waals surface area (Å²) < 4.78 is 12.9. The number of carbonyl (C=O) groups excluding carboxylic acids is 1. The first-order valence-electron chi connectivity index (χ1n) is 5.96. The van der Waals surface area contributed by atoms with Crippen LogP contribution in [0.5, 0.6) is 5.75 Å². The maximum Gasteiger partial charge on any atom is 0.257 e. The number of carbonyl (C=O) groups is 1. The molecule has 1 N–H and O–H groups in total. The van der Waals surface area contributed by atoms with E-state index in [1.54, 1.807) is 25.2 Å². The smallest absolute Gasteiger partial charge is 0.257 e. The van der Waals surface area contributed by atoms with E-state index >= 15 is 0 Å². The Morgan fingerprint density at radius 3 is 2.70 bits per heavy atom. The molecule has 20 heavy (non-hydrogen) atoms. The van der Waals surface area contributed by atoms with Crippen LogP contribution in [-0.2, 0) is 6.54 Å². The van der Waals surface area contributed by atoms with E-state index in [0.29, 0.717) is 11.6 Å². The highest BCUT2D eigenvalue weighted by Crippen LogP contribution is 2.20. The van der Waals surface area contributed by atoms with Crippen LogP contribution in [0.3, 0.4) is 0 Å². The summed E-state index contributed by atoms with van der Waals surface area (Å²) in [7, 11) is 1.60. The van der Waals surface area contributed by atoms with Gasteiger partial charge in [-0.05, 0) is 29.8 Å². The summed E-state index contributed by atoms with van der Waals surface area (Å²) in [6.07, 6.45) is 0. The Morgan fingerprint density at radius 2 is 2.05 bits per heavy atom. The van der Waals surface area contributed by atoms with Gasteiger partial charge in [-0.2, -0.15) is 0 Å². The minimum atomic E-state index is -0.587. The van der Waals surface area contributed by atoms with Crippen LogP contribution in [0.2, 0.25) is 5.02 Å². The summed E-state index contributed by atoms with van der Waals surface area (Å²) in [6.45, 7) is 0.343. The van der Waals surface area contributed by atoms with Gasteiger partial charge in [-0.3, -0.25) is 4.79 Å². The number of halogens is 2. The highest BCUT2D eigenvalue weighted by Gasteiger charge is 2.16. The lowest BCUT2D eigenvalue weighted by Gasteiger charge is -2.18. The van der Waals surface area contributed by atoms with Gasteiger partial charge in [0.15, 0.2) is 0 Å². The molecule has 104 valence electrons. The molecule has 2 aromatic rings. The third-order valence-electron chi connectivity index (χ3n) is 2.85. The van der Waals surface area contributed by atoms with Crippen LogP contribution in [0.4, 0.5) is 4.39 Å². The van der Waals surface area contributed by atoms with Crippen LogP contribution in [0, 0.1) is 5.82 Å². The Morgan fingerprint density at radius 1 is 1.30 bits per heavy atom. The second kappa shape index (κ2) is 5.92. The Balaban J connectivity index is 2.16. The lowest BCUT2D eigenvalue weighted by atomic mass is 10.1. The average Bonchev–Trinajstić information content (AvgIpc) is 2.38. The van der Waals surface area contributed by atoms with Gasteiger partial charge in [0.05, 0.1) is 5.56 Å². The number of nitrogens with zero attached hydrogens (tertiary/aromatic N) is 1. The molecule has 5 heteroatoms. The quantitative estimate of drug-likeness (QED) is 0.941. The number of hydrogen-bond donors (Lipinski definition) is 1. The summed E-state index contributed by atoms with van der Waals surface area (Å²) in [5.41, 5.74) is 0.936. The average molecular weight is 294 g/mol. The molecule has 0 aromatic heterocycles. The first-order chi connectivity index (χ1) is 9.47. The van der Waals surface area contributed by atoms with E-state index in [9.17, 15) is 14.3 Å². The summed E-state index contributed by atoms with van der Waals surface area (Å²) in [4.78, 5) is 13.6. The van der Waals surface area contributed by atoms with Crippen molar-refractivity contribution in [1.29, 1.82) is 0 Å². The topological polar surface area (TPSA) is 40.5 Å². The second-order valence-corrected chi connectivity index (χ2v) is 4.89.